The molecule has 1 amide bonds. The number of rotatable bonds is 11. The average molecular weight is 507 g/mol. The van der Waals surface area contributed by atoms with Crippen LogP contribution in [0, 0.1) is 0 Å². The summed E-state index contributed by atoms with van der Waals surface area (Å²) < 4.78 is 11.5. The first-order chi connectivity index (χ1) is 17.9. The van der Waals surface area contributed by atoms with Crippen LogP contribution in [0.5, 0.6) is 11.5 Å². The van der Waals surface area contributed by atoms with Gasteiger partial charge in [-0.05, 0) is 80.9 Å². The number of ketones is 1. The third kappa shape index (κ3) is 5.67. The number of likely N-dealkylation sites (tertiary alicyclic amines) is 1. The number of aliphatic hydroxyl groups excluding tert-OH is 1. The number of ether oxygens (including phenoxy) is 2. The van der Waals surface area contributed by atoms with Crippen LogP contribution in [0.25, 0.3) is 5.76 Å². The Hall–Kier alpha value is -3.32. The Kier molecular flexibility index (Phi) is 8.54. The Bertz CT molecular complexity index is 1150. The molecular weight excluding hydrogens is 468 g/mol. The molecule has 0 aliphatic carbocycles. The maximum absolute atomic E-state index is 13.3. The minimum absolute atomic E-state index is 0.0669. The van der Waals surface area contributed by atoms with E-state index >= 15 is 0 Å². The zero-order valence-electron chi connectivity index (χ0n) is 22.3. The van der Waals surface area contributed by atoms with Crippen LogP contribution in [0.3, 0.4) is 0 Å². The highest BCUT2D eigenvalue weighted by atomic mass is 16.5. The number of benzene rings is 2. The minimum atomic E-state index is -0.666. The molecule has 1 fully saturated rings. The fourth-order valence-corrected chi connectivity index (χ4v) is 5.15. The van der Waals surface area contributed by atoms with Crippen molar-refractivity contribution in [3.05, 3.63) is 64.7 Å². The number of hydrogen-bond donors (Lipinski definition) is 1. The molecule has 4 rings (SSSR count). The summed E-state index contributed by atoms with van der Waals surface area (Å²) >= 11 is 0. The Morgan fingerprint density at radius 1 is 1.11 bits per heavy atom. The number of aliphatic hydroxyl groups is 1. The van der Waals surface area contributed by atoms with Crippen molar-refractivity contribution in [1.29, 1.82) is 0 Å². The van der Waals surface area contributed by atoms with Crippen LogP contribution in [0.2, 0.25) is 0 Å². The smallest absolute Gasteiger partial charge is 0.295 e. The van der Waals surface area contributed by atoms with Crippen LogP contribution in [0.1, 0.15) is 63.3 Å². The van der Waals surface area contributed by atoms with Gasteiger partial charge in [0.15, 0.2) is 0 Å². The molecule has 37 heavy (non-hydrogen) atoms. The van der Waals surface area contributed by atoms with Crippen LogP contribution >= 0.6 is 0 Å². The summed E-state index contributed by atoms with van der Waals surface area (Å²) in [5, 5.41) is 11.4. The molecule has 2 aromatic rings. The number of hydrogen-bond acceptors (Lipinski definition) is 6. The molecule has 0 spiro atoms. The maximum Gasteiger partial charge on any atom is 0.295 e. The zero-order chi connectivity index (χ0) is 26.5. The topological polar surface area (TPSA) is 79.3 Å². The lowest BCUT2D eigenvalue weighted by Gasteiger charge is -2.27. The first-order valence-electron chi connectivity index (χ1n) is 13.4. The van der Waals surface area contributed by atoms with Gasteiger partial charge in [0.05, 0.1) is 18.2 Å². The highest BCUT2D eigenvalue weighted by Crippen LogP contribution is 2.41. The van der Waals surface area contributed by atoms with Gasteiger partial charge in [0.2, 0.25) is 0 Å². The predicted octanol–water partition coefficient (Wildman–Crippen LogP) is 4.95. The SMILES string of the molecule is CCCOc1ccc([C@H]2/C(=C(\O)c3ccc4c(c3)C[C@@H](C)O4)C(=O)C(=O)N2CCCN(CC)CC)cc1. The average Bonchev–Trinajstić information content (AvgIpc) is 3.40. The molecule has 198 valence electrons. The lowest BCUT2D eigenvalue weighted by Crippen LogP contribution is -2.33. The van der Waals surface area contributed by atoms with Crippen molar-refractivity contribution in [2.45, 2.75) is 59.1 Å². The molecule has 0 bridgehead atoms. The second-order valence-electron chi connectivity index (χ2n) is 9.75. The first kappa shape index (κ1) is 26.7. The summed E-state index contributed by atoms with van der Waals surface area (Å²) in [5.74, 6) is 0.150. The Labute approximate surface area is 219 Å². The van der Waals surface area contributed by atoms with E-state index in [1.54, 1.807) is 11.0 Å². The fraction of sp³-hybridized carbons (Fsp3) is 0.467. The van der Waals surface area contributed by atoms with Crippen molar-refractivity contribution in [1.82, 2.24) is 9.80 Å². The van der Waals surface area contributed by atoms with E-state index in [0.29, 0.717) is 18.7 Å². The zero-order valence-corrected chi connectivity index (χ0v) is 22.3. The number of amides is 1. The van der Waals surface area contributed by atoms with Gasteiger partial charge in [-0.15, -0.1) is 0 Å². The molecule has 7 nitrogen and oxygen atoms in total. The number of Topliss-reactive ketones (excluding diaryl/α,β-unsaturated/α-hetero) is 1. The highest BCUT2D eigenvalue weighted by Gasteiger charge is 2.46. The monoisotopic (exact) mass is 506 g/mol. The molecular formula is C30H38N2O5. The van der Waals surface area contributed by atoms with Gasteiger partial charge >= 0.3 is 0 Å². The van der Waals surface area contributed by atoms with Crippen LogP contribution in [0.15, 0.2) is 48.0 Å². The molecule has 7 heteroatoms. The first-order valence-corrected chi connectivity index (χ1v) is 13.4. The third-order valence-corrected chi connectivity index (χ3v) is 7.15. The third-order valence-electron chi connectivity index (χ3n) is 7.15. The van der Waals surface area contributed by atoms with Crippen LogP contribution < -0.4 is 9.47 Å². The molecule has 2 heterocycles. The molecule has 2 aromatic carbocycles. The lowest BCUT2D eigenvalue weighted by molar-refractivity contribution is -0.140. The second-order valence-corrected chi connectivity index (χ2v) is 9.75. The predicted molar refractivity (Wildman–Crippen MR) is 144 cm³/mol. The number of carbonyl (C=O) groups excluding carboxylic acids is 2. The molecule has 2 aliphatic heterocycles. The summed E-state index contributed by atoms with van der Waals surface area (Å²) in [4.78, 5) is 30.5. The molecule has 1 saturated heterocycles. The van der Waals surface area contributed by atoms with Gasteiger partial charge < -0.3 is 24.4 Å². The lowest BCUT2D eigenvalue weighted by atomic mass is 9.94. The summed E-state index contributed by atoms with van der Waals surface area (Å²) in [6, 6.07) is 12.2. The highest BCUT2D eigenvalue weighted by molar-refractivity contribution is 6.46. The van der Waals surface area contributed by atoms with E-state index in [-0.39, 0.29) is 17.4 Å². The van der Waals surface area contributed by atoms with Crippen molar-refractivity contribution in [2.75, 3.05) is 32.8 Å². The van der Waals surface area contributed by atoms with Crippen LogP contribution in [-0.4, -0.2) is 65.5 Å². The van der Waals surface area contributed by atoms with E-state index in [2.05, 4.69) is 18.7 Å². The number of fused-ring (bicyclic) bond motifs is 1. The van der Waals surface area contributed by atoms with E-state index < -0.39 is 17.7 Å². The Morgan fingerprint density at radius 2 is 1.84 bits per heavy atom. The van der Waals surface area contributed by atoms with Crippen LogP contribution in [-0.2, 0) is 16.0 Å². The van der Waals surface area contributed by atoms with Gasteiger partial charge in [0.1, 0.15) is 23.4 Å². The largest absolute Gasteiger partial charge is 0.507 e. The summed E-state index contributed by atoms with van der Waals surface area (Å²) in [6.07, 6.45) is 2.44. The summed E-state index contributed by atoms with van der Waals surface area (Å²) in [7, 11) is 0. The fourth-order valence-electron chi connectivity index (χ4n) is 5.15. The maximum atomic E-state index is 13.3. The van der Waals surface area contributed by atoms with Gasteiger partial charge in [-0.3, -0.25) is 9.59 Å². The van der Waals surface area contributed by atoms with Gasteiger partial charge in [0, 0.05) is 18.5 Å². The molecule has 0 unspecified atom stereocenters. The van der Waals surface area contributed by atoms with Gasteiger partial charge in [-0.2, -0.15) is 0 Å². The Balaban J connectivity index is 1.71. The van der Waals surface area contributed by atoms with Crippen LogP contribution in [0.4, 0.5) is 0 Å². The Morgan fingerprint density at radius 3 is 2.51 bits per heavy atom. The number of carbonyl (C=O) groups is 2. The molecule has 0 radical (unpaired) electrons. The molecule has 0 saturated carbocycles. The quantitative estimate of drug-likeness (QED) is 0.264. The van der Waals surface area contributed by atoms with E-state index in [4.69, 9.17) is 9.47 Å². The van der Waals surface area contributed by atoms with Crippen molar-refractivity contribution < 1.29 is 24.2 Å². The summed E-state index contributed by atoms with van der Waals surface area (Å²) in [5.41, 5.74) is 2.40. The van der Waals surface area contributed by atoms with Gasteiger partial charge in [-0.1, -0.05) is 32.9 Å². The van der Waals surface area contributed by atoms with E-state index in [9.17, 15) is 14.7 Å². The second kappa shape index (κ2) is 11.8. The molecule has 1 N–H and O–H groups in total. The standard InChI is InChI=1S/C30H38N2O5/c1-5-17-36-24-12-9-21(10-13-24)27-26(28(33)22-11-14-25-23(19-22)18-20(4)37-25)29(34)30(35)32(27)16-8-15-31(6-2)7-3/h9-14,19-20,27,33H,5-8,15-18H2,1-4H3/b28-26+/t20-,27+/m1/s1. The van der Waals surface area contributed by atoms with E-state index in [1.165, 1.54) is 0 Å². The minimum Gasteiger partial charge on any atom is -0.507 e. The molecule has 2 aliphatic rings. The van der Waals surface area contributed by atoms with Gasteiger partial charge in [0.25, 0.3) is 11.7 Å². The number of nitrogens with zero attached hydrogens (tertiary/aromatic N) is 2. The van der Waals surface area contributed by atoms with E-state index in [0.717, 1.165) is 61.5 Å². The normalized spacial score (nSPS) is 20.4. The molecule has 2 atom stereocenters. The van der Waals surface area contributed by atoms with Crippen molar-refractivity contribution in [2.24, 2.45) is 0 Å². The summed E-state index contributed by atoms with van der Waals surface area (Å²) in [6.45, 7) is 12.0. The van der Waals surface area contributed by atoms with Crippen molar-refractivity contribution >= 4 is 17.4 Å². The molecule has 0 aromatic heterocycles. The van der Waals surface area contributed by atoms with Crippen molar-refractivity contribution in [3.63, 3.8) is 0 Å². The van der Waals surface area contributed by atoms with E-state index in [1.807, 2.05) is 50.2 Å². The van der Waals surface area contributed by atoms with Gasteiger partial charge in [-0.25, -0.2) is 0 Å². The van der Waals surface area contributed by atoms with Crippen molar-refractivity contribution in [3.8, 4) is 11.5 Å².